The summed E-state index contributed by atoms with van der Waals surface area (Å²) in [6, 6.07) is 3.58. The largest absolute Gasteiger partial charge is 0.454 e. The van der Waals surface area contributed by atoms with E-state index >= 15 is 0 Å². The average Bonchev–Trinajstić information content (AvgIpc) is 3.31. The number of aromatic nitrogens is 1. The number of hydrogen-bond acceptors (Lipinski definition) is 6. The summed E-state index contributed by atoms with van der Waals surface area (Å²) in [5.41, 5.74) is 0.809. The maximum atomic E-state index is 12.4. The van der Waals surface area contributed by atoms with Crippen LogP contribution >= 0.6 is 22.9 Å². The highest BCUT2D eigenvalue weighted by Gasteiger charge is 2.21. The number of rotatable bonds is 3. The SMILES string of the molecule is O=C(/C=C/c1cc(Cl)c2c(c1)OCO2)N1CCN(c2nccs2)CC1. The van der Waals surface area contributed by atoms with Crippen LogP contribution in [-0.2, 0) is 4.79 Å². The molecule has 3 heterocycles. The number of fused-ring (bicyclic) bond motifs is 1. The van der Waals surface area contributed by atoms with E-state index in [4.69, 9.17) is 21.1 Å². The van der Waals surface area contributed by atoms with Gasteiger partial charge in [0.1, 0.15) is 0 Å². The highest BCUT2D eigenvalue weighted by atomic mass is 35.5. The molecule has 0 atom stereocenters. The Morgan fingerprint density at radius 1 is 1.24 bits per heavy atom. The third-order valence-corrected chi connectivity index (χ3v) is 5.26. The number of nitrogens with zero attached hydrogens (tertiary/aromatic N) is 3. The van der Waals surface area contributed by atoms with Crippen LogP contribution in [0.1, 0.15) is 5.56 Å². The van der Waals surface area contributed by atoms with Gasteiger partial charge in [-0.3, -0.25) is 4.79 Å². The number of ether oxygens (including phenoxy) is 2. The molecule has 1 aromatic carbocycles. The lowest BCUT2D eigenvalue weighted by molar-refractivity contribution is -0.126. The molecule has 0 spiro atoms. The molecule has 0 saturated carbocycles. The van der Waals surface area contributed by atoms with E-state index in [2.05, 4.69) is 9.88 Å². The van der Waals surface area contributed by atoms with Crippen molar-refractivity contribution in [2.24, 2.45) is 0 Å². The molecule has 25 heavy (non-hydrogen) atoms. The number of carbonyl (C=O) groups is 1. The van der Waals surface area contributed by atoms with Crippen LogP contribution in [0, 0.1) is 0 Å². The maximum absolute atomic E-state index is 12.4. The molecule has 2 aliphatic heterocycles. The lowest BCUT2D eigenvalue weighted by atomic mass is 10.2. The van der Waals surface area contributed by atoms with E-state index in [1.54, 1.807) is 35.8 Å². The maximum Gasteiger partial charge on any atom is 0.246 e. The zero-order valence-corrected chi connectivity index (χ0v) is 14.9. The molecule has 0 unspecified atom stereocenters. The third-order valence-electron chi connectivity index (χ3n) is 4.15. The predicted octanol–water partition coefficient (Wildman–Crippen LogP) is 2.89. The summed E-state index contributed by atoms with van der Waals surface area (Å²) in [5.74, 6) is 1.16. The van der Waals surface area contributed by atoms with Gasteiger partial charge in [0.15, 0.2) is 16.6 Å². The normalized spacial score (nSPS) is 16.7. The number of anilines is 1. The lowest BCUT2D eigenvalue weighted by Gasteiger charge is -2.34. The molecular weight excluding hydrogens is 362 g/mol. The van der Waals surface area contributed by atoms with Crippen LogP contribution in [0.25, 0.3) is 6.08 Å². The fraction of sp³-hybridized carbons (Fsp3) is 0.294. The molecule has 1 amide bonds. The van der Waals surface area contributed by atoms with E-state index in [-0.39, 0.29) is 12.7 Å². The van der Waals surface area contributed by atoms with Crippen molar-refractivity contribution in [2.45, 2.75) is 0 Å². The van der Waals surface area contributed by atoms with Crippen LogP contribution in [0.15, 0.2) is 29.8 Å². The van der Waals surface area contributed by atoms with Gasteiger partial charge in [0.2, 0.25) is 12.7 Å². The molecule has 1 fully saturated rings. The lowest BCUT2D eigenvalue weighted by Crippen LogP contribution is -2.48. The van der Waals surface area contributed by atoms with Gasteiger partial charge in [-0.15, -0.1) is 11.3 Å². The van der Waals surface area contributed by atoms with Crippen molar-refractivity contribution in [3.63, 3.8) is 0 Å². The number of halogens is 1. The number of piperazine rings is 1. The summed E-state index contributed by atoms with van der Waals surface area (Å²) in [7, 11) is 0. The van der Waals surface area contributed by atoms with E-state index < -0.39 is 0 Å². The second-order valence-corrected chi connectivity index (χ2v) is 6.98. The van der Waals surface area contributed by atoms with E-state index in [1.165, 1.54) is 0 Å². The molecule has 8 heteroatoms. The van der Waals surface area contributed by atoms with Gasteiger partial charge in [-0.25, -0.2) is 4.98 Å². The van der Waals surface area contributed by atoms with Crippen LogP contribution in [0.2, 0.25) is 5.02 Å². The van der Waals surface area contributed by atoms with Gasteiger partial charge in [0.25, 0.3) is 0 Å². The summed E-state index contributed by atoms with van der Waals surface area (Å²) in [4.78, 5) is 20.8. The van der Waals surface area contributed by atoms with Crippen molar-refractivity contribution in [1.82, 2.24) is 9.88 Å². The summed E-state index contributed by atoms with van der Waals surface area (Å²) in [5, 5.41) is 3.46. The molecule has 2 aliphatic rings. The first kappa shape index (κ1) is 16.2. The van der Waals surface area contributed by atoms with Crippen LogP contribution in [0.3, 0.4) is 0 Å². The van der Waals surface area contributed by atoms with Crippen LogP contribution in [0.5, 0.6) is 11.5 Å². The minimum atomic E-state index is -0.00687. The molecule has 6 nitrogen and oxygen atoms in total. The first-order chi connectivity index (χ1) is 12.2. The first-order valence-corrected chi connectivity index (χ1v) is 9.17. The smallest absolute Gasteiger partial charge is 0.246 e. The van der Waals surface area contributed by atoms with Gasteiger partial charge in [0.05, 0.1) is 5.02 Å². The van der Waals surface area contributed by atoms with Crippen molar-refractivity contribution < 1.29 is 14.3 Å². The Balaban J connectivity index is 1.38. The van der Waals surface area contributed by atoms with Gasteiger partial charge in [-0.2, -0.15) is 0 Å². The summed E-state index contributed by atoms with van der Waals surface area (Å²) in [6.45, 7) is 3.13. The topological polar surface area (TPSA) is 54.9 Å². The second kappa shape index (κ2) is 6.93. The molecule has 4 rings (SSSR count). The number of amides is 1. The van der Waals surface area contributed by atoms with Crippen molar-refractivity contribution in [3.8, 4) is 11.5 Å². The van der Waals surface area contributed by atoms with Crippen molar-refractivity contribution in [3.05, 3.63) is 40.4 Å². The van der Waals surface area contributed by atoms with Crippen molar-refractivity contribution in [2.75, 3.05) is 37.9 Å². The Morgan fingerprint density at radius 3 is 2.84 bits per heavy atom. The fourth-order valence-corrected chi connectivity index (χ4v) is 3.82. The molecule has 0 aliphatic carbocycles. The van der Waals surface area contributed by atoms with E-state index in [0.717, 1.165) is 23.8 Å². The summed E-state index contributed by atoms with van der Waals surface area (Å²) in [6.07, 6.45) is 5.13. The second-order valence-electron chi connectivity index (χ2n) is 5.70. The van der Waals surface area contributed by atoms with Gasteiger partial charge in [-0.05, 0) is 23.8 Å². The van der Waals surface area contributed by atoms with Gasteiger partial charge in [-0.1, -0.05) is 11.6 Å². The predicted molar refractivity (Wildman–Crippen MR) is 97.5 cm³/mol. The highest BCUT2D eigenvalue weighted by molar-refractivity contribution is 7.13. The van der Waals surface area contributed by atoms with E-state index in [9.17, 15) is 4.79 Å². The molecular formula is C17H16ClN3O3S. The molecule has 2 aromatic rings. The van der Waals surface area contributed by atoms with Gasteiger partial charge >= 0.3 is 0 Å². The summed E-state index contributed by atoms with van der Waals surface area (Å²) < 4.78 is 10.6. The average molecular weight is 378 g/mol. The minimum Gasteiger partial charge on any atom is -0.454 e. The van der Waals surface area contributed by atoms with Gasteiger partial charge in [0, 0.05) is 43.8 Å². The molecule has 1 aromatic heterocycles. The highest BCUT2D eigenvalue weighted by Crippen LogP contribution is 2.40. The first-order valence-electron chi connectivity index (χ1n) is 7.91. The Labute approximate surface area is 154 Å². The monoisotopic (exact) mass is 377 g/mol. The van der Waals surface area contributed by atoms with Crippen LogP contribution in [0.4, 0.5) is 5.13 Å². The third kappa shape index (κ3) is 3.43. The standard InChI is InChI=1S/C17H16ClN3O3S/c18-13-9-12(10-14-16(13)24-11-23-14)1-2-15(22)20-4-6-21(7-5-20)17-19-3-8-25-17/h1-3,8-10H,4-7,11H2/b2-1+. The molecule has 0 N–H and O–H groups in total. The Morgan fingerprint density at radius 2 is 2.08 bits per heavy atom. The zero-order valence-electron chi connectivity index (χ0n) is 13.4. The fourth-order valence-electron chi connectivity index (χ4n) is 2.85. The van der Waals surface area contributed by atoms with Crippen LogP contribution in [-0.4, -0.2) is 48.8 Å². The van der Waals surface area contributed by atoms with Crippen molar-refractivity contribution in [1.29, 1.82) is 0 Å². The molecule has 0 bridgehead atoms. The molecule has 0 radical (unpaired) electrons. The Hall–Kier alpha value is -2.25. The minimum absolute atomic E-state index is 0.00687. The number of hydrogen-bond donors (Lipinski definition) is 0. The number of carbonyl (C=O) groups excluding carboxylic acids is 1. The zero-order chi connectivity index (χ0) is 17.2. The number of thiazole rings is 1. The molecule has 1 saturated heterocycles. The summed E-state index contributed by atoms with van der Waals surface area (Å²) >= 11 is 7.78. The van der Waals surface area contributed by atoms with Gasteiger partial charge < -0.3 is 19.3 Å². The Kier molecular flexibility index (Phi) is 4.50. The van der Waals surface area contributed by atoms with Crippen LogP contribution < -0.4 is 14.4 Å². The Bertz CT molecular complexity index is 802. The quantitative estimate of drug-likeness (QED) is 0.770. The molecule has 130 valence electrons. The van der Waals surface area contributed by atoms with E-state index in [1.807, 2.05) is 16.3 Å². The van der Waals surface area contributed by atoms with Crippen molar-refractivity contribution >= 4 is 40.1 Å². The number of benzene rings is 1. The van der Waals surface area contributed by atoms with E-state index in [0.29, 0.717) is 29.6 Å².